The van der Waals surface area contributed by atoms with Gasteiger partial charge < -0.3 is 10.1 Å². The van der Waals surface area contributed by atoms with E-state index in [1.807, 2.05) is 55.5 Å². The van der Waals surface area contributed by atoms with Crippen LogP contribution < -0.4 is 20.9 Å². The Hall–Kier alpha value is -3.54. The van der Waals surface area contributed by atoms with E-state index in [1.54, 1.807) is 19.2 Å². The predicted octanol–water partition coefficient (Wildman–Crippen LogP) is 3.30. The van der Waals surface area contributed by atoms with Gasteiger partial charge in [-0.1, -0.05) is 35.9 Å². The minimum Gasteiger partial charge on any atom is -0.497 e. The molecule has 3 amide bonds. The van der Waals surface area contributed by atoms with Crippen LogP contribution in [0.5, 0.6) is 5.75 Å². The molecule has 6 nitrogen and oxygen atoms in total. The molecule has 0 spiro atoms. The smallest absolute Gasteiger partial charge is 0.333 e. The summed E-state index contributed by atoms with van der Waals surface area (Å²) in [6.45, 7) is 2.28. The lowest BCUT2D eigenvalue weighted by Crippen LogP contribution is -2.46. The molecule has 0 aliphatic carbocycles. The highest BCUT2D eigenvalue weighted by Crippen LogP contribution is 2.21. The topological polar surface area (TPSA) is 79.5 Å². The summed E-state index contributed by atoms with van der Waals surface area (Å²) < 4.78 is 5.22. The van der Waals surface area contributed by atoms with Crippen molar-refractivity contribution in [1.29, 1.82) is 0 Å². The number of amides is 3. The van der Waals surface area contributed by atoms with E-state index in [-0.39, 0.29) is 5.91 Å². The lowest BCUT2D eigenvalue weighted by molar-refractivity contribution is 0.0936. The van der Waals surface area contributed by atoms with Crippen LogP contribution in [-0.4, -0.2) is 19.0 Å². The summed E-state index contributed by atoms with van der Waals surface area (Å²) in [5.41, 5.74) is 7.22. The van der Waals surface area contributed by atoms with E-state index < -0.39 is 6.03 Å². The fraction of sp³-hybridized carbons (Fsp3) is 0.143. The monoisotopic (exact) mass is 363 g/mol. The van der Waals surface area contributed by atoms with Crippen molar-refractivity contribution >= 4 is 22.7 Å². The van der Waals surface area contributed by atoms with Crippen LogP contribution in [-0.2, 0) is 6.54 Å². The molecule has 0 saturated heterocycles. The van der Waals surface area contributed by atoms with Crippen LogP contribution in [0.1, 0.15) is 21.5 Å². The van der Waals surface area contributed by atoms with Gasteiger partial charge in [-0.3, -0.25) is 10.2 Å². The Morgan fingerprint density at radius 3 is 2.33 bits per heavy atom. The summed E-state index contributed by atoms with van der Waals surface area (Å²) in [5, 5.41) is 4.83. The molecular formula is C21H21N3O3. The lowest BCUT2D eigenvalue weighted by atomic mass is 10.1. The highest BCUT2D eigenvalue weighted by atomic mass is 16.5. The van der Waals surface area contributed by atoms with Crippen molar-refractivity contribution in [1.82, 2.24) is 16.2 Å². The number of methoxy groups -OCH3 is 1. The molecule has 0 saturated carbocycles. The molecule has 0 aromatic heterocycles. The molecular weight excluding hydrogens is 342 g/mol. The van der Waals surface area contributed by atoms with E-state index >= 15 is 0 Å². The Morgan fingerprint density at radius 1 is 0.889 bits per heavy atom. The van der Waals surface area contributed by atoms with Gasteiger partial charge in [0.1, 0.15) is 5.75 Å². The Kier molecular flexibility index (Phi) is 5.56. The number of hydrazine groups is 1. The highest BCUT2D eigenvalue weighted by Gasteiger charge is 2.07. The number of hydrogen-bond acceptors (Lipinski definition) is 3. The Morgan fingerprint density at radius 2 is 1.59 bits per heavy atom. The molecule has 138 valence electrons. The van der Waals surface area contributed by atoms with Gasteiger partial charge in [-0.25, -0.2) is 10.2 Å². The van der Waals surface area contributed by atoms with Crippen molar-refractivity contribution in [3.05, 3.63) is 77.4 Å². The van der Waals surface area contributed by atoms with Crippen LogP contribution >= 0.6 is 0 Å². The zero-order valence-corrected chi connectivity index (χ0v) is 15.2. The number of ether oxygens (including phenoxy) is 1. The van der Waals surface area contributed by atoms with Crippen molar-refractivity contribution in [2.24, 2.45) is 0 Å². The molecule has 0 aliphatic heterocycles. The standard InChI is InChI=1S/C21H21N3O3/c1-14-3-6-16(7-4-14)20(25)23-24-21(26)22-13-15-5-8-18-12-19(27-2)10-9-17(18)11-15/h3-12H,13H2,1-2H3,(H,23,25)(H2,22,24,26). The van der Waals surface area contributed by atoms with Crippen LogP contribution in [0.2, 0.25) is 0 Å². The molecule has 3 aromatic carbocycles. The number of urea groups is 1. The van der Waals surface area contributed by atoms with Gasteiger partial charge in [0.15, 0.2) is 0 Å². The van der Waals surface area contributed by atoms with Crippen LogP contribution in [0.3, 0.4) is 0 Å². The molecule has 0 bridgehead atoms. The molecule has 0 aliphatic rings. The maximum atomic E-state index is 12.0. The fourth-order valence-corrected chi connectivity index (χ4v) is 2.63. The first-order valence-electron chi connectivity index (χ1n) is 8.53. The minimum atomic E-state index is -0.481. The number of fused-ring (bicyclic) bond motifs is 1. The predicted molar refractivity (Wildman–Crippen MR) is 105 cm³/mol. The Balaban J connectivity index is 1.52. The van der Waals surface area contributed by atoms with Gasteiger partial charge in [-0.2, -0.15) is 0 Å². The maximum absolute atomic E-state index is 12.0. The van der Waals surface area contributed by atoms with E-state index in [1.165, 1.54) is 0 Å². The zero-order valence-electron chi connectivity index (χ0n) is 15.2. The second kappa shape index (κ2) is 8.23. The normalized spacial score (nSPS) is 10.3. The average Bonchev–Trinajstić information content (AvgIpc) is 2.70. The van der Waals surface area contributed by atoms with Crippen LogP contribution in [0.25, 0.3) is 10.8 Å². The second-order valence-corrected chi connectivity index (χ2v) is 6.18. The minimum absolute atomic E-state index is 0.341. The third kappa shape index (κ3) is 4.76. The van der Waals surface area contributed by atoms with Gasteiger partial charge in [-0.15, -0.1) is 0 Å². The summed E-state index contributed by atoms with van der Waals surface area (Å²) in [6.07, 6.45) is 0. The number of aryl methyl sites for hydroxylation is 1. The lowest BCUT2D eigenvalue weighted by Gasteiger charge is -2.10. The average molecular weight is 363 g/mol. The molecule has 0 fully saturated rings. The summed E-state index contributed by atoms with van der Waals surface area (Å²) in [6, 6.07) is 18.3. The first-order chi connectivity index (χ1) is 13.0. The molecule has 0 atom stereocenters. The summed E-state index contributed by atoms with van der Waals surface area (Å²) in [4.78, 5) is 23.9. The molecule has 6 heteroatoms. The van der Waals surface area contributed by atoms with Crippen LogP contribution in [0, 0.1) is 6.92 Å². The number of benzene rings is 3. The van der Waals surface area contributed by atoms with E-state index in [9.17, 15) is 9.59 Å². The van der Waals surface area contributed by atoms with E-state index in [0.717, 1.165) is 27.6 Å². The first kappa shape index (κ1) is 18.3. The number of hydrogen-bond donors (Lipinski definition) is 3. The largest absolute Gasteiger partial charge is 0.497 e. The van der Waals surface area contributed by atoms with Gasteiger partial charge in [0.25, 0.3) is 5.91 Å². The van der Waals surface area contributed by atoms with Crippen LogP contribution in [0.4, 0.5) is 4.79 Å². The number of nitrogens with one attached hydrogen (secondary N) is 3. The number of carbonyl (C=O) groups is 2. The third-order valence-electron chi connectivity index (χ3n) is 4.17. The van der Waals surface area contributed by atoms with Crippen molar-refractivity contribution in [2.45, 2.75) is 13.5 Å². The van der Waals surface area contributed by atoms with Crippen molar-refractivity contribution in [3.63, 3.8) is 0 Å². The number of rotatable bonds is 4. The number of carbonyl (C=O) groups excluding carboxylic acids is 2. The van der Waals surface area contributed by atoms with Crippen molar-refractivity contribution in [3.8, 4) is 5.75 Å². The van der Waals surface area contributed by atoms with Crippen LogP contribution in [0.15, 0.2) is 60.7 Å². The molecule has 3 rings (SSSR count). The summed E-state index contributed by atoms with van der Waals surface area (Å²) in [5.74, 6) is 0.432. The van der Waals surface area contributed by atoms with Crippen molar-refractivity contribution < 1.29 is 14.3 Å². The molecule has 3 aromatic rings. The molecule has 0 radical (unpaired) electrons. The molecule has 3 N–H and O–H groups in total. The van der Waals surface area contributed by atoms with E-state index in [2.05, 4.69) is 16.2 Å². The fourth-order valence-electron chi connectivity index (χ4n) is 2.63. The van der Waals surface area contributed by atoms with Gasteiger partial charge in [0.05, 0.1) is 7.11 Å². The van der Waals surface area contributed by atoms with Gasteiger partial charge in [0, 0.05) is 12.1 Å². The SMILES string of the molecule is COc1ccc2cc(CNC(=O)NNC(=O)c3ccc(C)cc3)ccc2c1. The van der Waals surface area contributed by atoms with Crippen molar-refractivity contribution in [2.75, 3.05) is 7.11 Å². The summed E-state index contributed by atoms with van der Waals surface area (Å²) in [7, 11) is 1.63. The van der Waals surface area contributed by atoms with Gasteiger partial charge in [0.2, 0.25) is 0 Å². The molecule has 0 heterocycles. The second-order valence-electron chi connectivity index (χ2n) is 6.18. The molecule has 27 heavy (non-hydrogen) atoms. The van der Waals surface area contributed by atoms with E-state index in [0.29, 0.717) is 12.1 Å². The van der Waals surface area contributed by atoms with E-state index in [4.69, 9.17) is 4.74 Å². The quantitative estimate of drug-likeness (QED) is 0.622. The maximum Gasteiger partial charge on any atom is 0.333 e. The van der Waals surface area contributed by atoms with Gasteiger partial charge >= 0.3 is 6.03 Å². The zero-order chi connectivity index (χ0) is 19.2. The Bertz CT molecular complexity index is 968. The highest BCUT2D eigenvalue weighted by molar-refractivity contribution is 5.95. The van der Waals surface area contributed by atoms with Gasteiger partial charge in [-0.05, 0) is 53.6 Å². The molecule has 0 unspecified atom stereocenters. The first-order valence-corrected chi connectivity index (χ1v) is 8.53. The third-order valence-corrected chi connectivity index (χ3v) is 4.17. The Labute approximate surface area is 157 Å². The summed E-state index contributed by atoms with van der Waals surface area (Å²) >= 11 is 0.